The maximum absolute atomic E-state index is 12.6. The Morgan fingerprint density at radius 3 is 2.14 bits per heavy atom. The molecule has 0 spiro atoms. The largest absolute Gasteiger partial charge is 0.343 e. The van der Waals surface area contributed by atoms with Crippen LogP contribution in [0.2, 0.25) is 0 Å². The Kier molecular flexibility index (Phi) is 7.45. The molecule has 5 heteroatoms. The van der Waals surface area contributed by atoms with Crippen LogP contribution in [0.5, 0.6) is 0 Å². The fourth-order valence-corrected chi connectivity index (χ4v) is 4.61. The van der Waals surface area contributed by atoms with E-state index in [1.165, 1.54) is 11.1 Å². The first-order valence-corrected chi connectivity index (χ1v) is 11.1. The molecule has 29 heavy (non-hydrogen) atoms. The molecule has 0 aromatic heterocycles. The van der Waals surface area contributed by atoms with Crippen LogP contribution in [0.3, 0.4) is 0 Å². The van der Waals surface area contributed by atoms with Gasteiger partial charge in [-0.25, -0.2) is 0 Å². The number of fused-ring (bicyclic) bond motifs is 1. The van der Waals surface area contributed by atoms with Crippen molar-refractivity contribution in [2.45, 2.75) is 65.2 Å². The molecule has 158 valence electrons. The topological polar surface area (TPSA) is 57.7 Å². The van der Waals surface area contributed by atoms with Crippen molar-refractivity contribution in [3.63, 3.8) is 0 Å². The zero-order valence-electron chi connectivity index (χ0n) is 17.9. The van der Waals surface area contributed by atoms with Crippen LogP contribution in [0.25, 0.3) is 0 Å². The molecule has 1 aromatic carbocycles. The third kappa shape index (κ3) is 5.91. The first-order valence-electron chi connectivity index (χ1n) is 11.1. The number of unbranched alkanes of at least 4 members (excludes halogenated alkanes) is 1. The predicted octanol–water partition coefficient (Wildman–Crippen LogP) is 3.64. The Hall–Kier alpha value is -2.17. The van der Waals surface area contributed by atoms with E-state index in [0.717, 1.165) is 76.7 Å². The highest BCUT2D eigenvalue weighted by atomic mass is 16.2. The van der Waals surface area contributed by atoms with Crippen molar-refractivity contribution in [1.82, 2.24) is 9.80 Å². The number of hydrogen-bond donors (Lipinski definition) is 0. The number of likely N-dealkylation sites (tertiary alicyclic amines) is 1. The molecule has 0 atom stereocenters. The lowest BCUT2D eigenvalue weighted by molar-refractivity contribution is -0.130. The van der Waals surface area contributed by atoms with Crippen LogP contribution < -0.4 is 0 Å². The first-order chi connectivity index (χ1) is 13.9. The van der Waals surface area contributed by atoms with Crippen LogP contribution in [-0.4, -0.2) is 53.6 Å². The fraction of sp³-hybridized carbons (Fsp3) is 0.625. The number of piperidine rings is 1. The quantitative estimate of drug-likeness (QED) is 0.543. The summed E-state index contributed by atoms with van der Waals surface area (Å²) in [7, 11) is 0. The molecule has 5 nitrogen and oxygen atoms in total. The molecule has 2 heterocycles. The summed E-state index contributed by atoms with van der Waals surface area (Å²) in [6.45, 7) is 6.54. The second-order valence-corrected chi connectivity index (χ2v) is 8.61. The Balaban J connectivity index is 1.43. The van der Waals surface area contributed by atoms with Gasteiger partial charge >= 0.3 is 0 Å². The monoisotopic (exact) mass is 398 g/mol. The zero-order chi connectivity index (χ0) is 20.8. The third-order valence-corrected chi connectivity index (χ3v) is 6.60. The maximum atomic E-state index is 12.6. The van der Waals surface area contributed by atoms with Crippen molar-refractivity contribution in [1.29, 1.82) is 0 Å². The lowest BCUT2D eigenvalue weighted by Crippen LogP contribution is -2.36. The average molecular weight is 399 g/mol. The molecule has 1 saturated heterocycles. The van der Waals surface area contributed by atoms with Gasteiger partial charge in [-0.3, -0.25) is 14.4 Å². The van der Waals surface area contributed by atoms with E-state index >= 15 is 0 Å². The van der Waals surface area contributed by atoms with Gasteiger partial charge < -0.3 is 9.80 Å². The Labute approximate surface area is 174 Å². The SMILES string of the molecule is CC(=O)N1CCc2ccc(C(=O)CCCCC3CCN(C(C)=O)CC3)cc2CC1. The predicted molar refractivity (Wildman–Crippen MR) is 114 cm³/mol. The Morgan fingerprint density at radius 2 is 1.48 bits per heavy atom. The zero-order valence-corrected chi connectivity index (χ0v) is 17.9. The van der Waals surface area contributed by atoms with E-state index in [-0.39, 0.29) is 17.6 Å². The van der Waals surface area contributed by atoms with Crippen LogP contribution in [0, 0.1) is 5.92 Å². The highest BCUT2D eigenvalue weighted by molar-refractivity contribution is 5.96. The number of Topliss-reactive ketones (excluding diaryl/α,β-unsaturated/α-hetero) is 1. The van der Waals surface area contributed by atoms with Crippen molar-refractivity contribution < 1.29 is 14.4 Å². The van der Waals surface area contributed by atoms with Crippen LogP contribution >= 0.6 is 0 Å². The van der Waals surface area contributed by atoms with Gasteiger partial charge in [0.05, 0.1) is 0 Å². The number of carbonyl (C=O) groups is 3. The van der Waals surface area contributed by atoms with Crippen molar-refractivity contribution >= 4 is 17.6 Å². The number of amides is 2. The molecule has 1 fully saturated rings. The molecular weight excluding hydrogens is 364 g/mol. The summed E-state index contributed by atoms with van der Waals surface area (Å²) in [5, 5.41) is 0. The van der Waals surface area contributed by atoms with Gasteiger partial charge in [0.25, 0.3) is 0 Å². The highest BCUT2D eigenvalue weighted by Crippen LogP contribution is 2.24. The van der Waals surface area contributed by atoms with Crippen LogP contribution in [0.15, 0.2) is 18.2 Å². The second-order valence-electron chi connectivity index (χ2n) is 8.61. The molecule has 0 radical (unpaired) electrons. The van der Waals surface area contributed by atoms with Gasteiger partial charge in [0, 0.05) is 52.0 Å². The molecule has 0 saturated carbocycles. The summed E-state index contributed by atoms with van der Waals surface area (Å²) in [5.74, 6) is 1.23. The van der Waals surface area contributed by atoms with Crippen LogP contribution in [-0.2, 0) is 22.4 Å². The molecule has 2 amide bonds. The molecular formula is C24H34N2O3. The molecule has 0 N–H and O–H groups in total. The van der Waals surface area contributed by atoms with Crippen LogP contribution in [0.1, 0.15) is 73.9 Å². The number of benzene rings is 1. The lowest BCUT2D eigenvalue weighted by Gasteiger charge is -2.31. The summed E-state index contributed by atoms with van der Waals surface area (Å²) in [4.78, 5) is 39.5. The van der Waals surface area contributed by atoms with Crippen LogP contribution in [0.4, 0.5) is 0 Å². The molecule has 0 aliphatic carbocycles. The van der Waals surface area contributed by atoms with E-state index < -0.39 is 0 Å². The number of nitrogens with zero attached hydrogens (tertiary/aromatic N) is 2. The number of rotatable bonds is 6. The smallest absolute Gasteiger partial charge is 0.219 e. The van der Waals surface area contributed by atoms with E-state index in [1.54, 1.807) is 13.8 Å². The first kappa shape index (κ1) is 21.5. The fourth-order valence-electron chi connectivity index (χ4n) is 4.61. The van der Waals surface area contributed by atoms with Gasteiger partial charge in [0.2, 0.25) is 11.8 Å². The van der Waals surface area contributed by atoms with Gasteiger partial charge in [-0.05, 0) is 55.2 Å². The van der Waals surface area contributed by atoms with Gasteiger partial charge in [-0.1, -0.05) is 25.0 Å². The lowest BCUT2D eigenvalue weighted by atomic mass is 9.90. The molecule has 3 rings (SSSR count). The molecule has 1 aromatic rings. The third-order valence-electron chi connectivity index (χ3n) is 6.60. The standard InChI is InChI=1S/C24H34N2O3/c1-18(27)25-13-9-20(10-14-25)5-3-4-6-24(29)23-8-7-21-11-15-26(19(2)28)16-12-22(21)17-23/h7-8,17,20H,3-6,9-16H2,1-2H3. The van der Waals surface area contributed by atoms with E-state index in [9.17, 15) is 14.4 Å². The highest BCUT2D eigenvalue weighted by Gasteiger charge is 2.21. The van der Waals surface area contributed by atoms with Gasteiger partial charge in [-0.15, -0.1) is 0 Å². The minimum Gasteiger partial charge on any atom is -0.343 e. The van der Waals surface area contributed by atoms with E-state index in [4.69, 9.17) is 0 Å². The summed E-state index contributed by atoms with van der Waals surface area (Å²) < 4.78 is 0. The Bertz CT molecular complexity index is 750. The molecule has 2 aliphatic rings. The molecule has 0 unspecified atom stereocenters. The summed E-state index contributed by atoms with van der Waals surface area (Å²) in [6, 6.07) is 6.09. The summed E-state index contributed by atoms with van der Waals surface area (Å²) in [5.41, 5.74) is 3.30. The van der Waals surface area contributed by atoms with Crippen molar-refractivity contribution in [3.05, 3.63) is 34.9 Å². The van der Waals surface area contributed by atoms with Crippen molar-refractivity contribution in [2.24, 2.45) is 5.92 Å². The molecule has 2 aliphatic heterocycles. The Morgan fingerprint density at radius 1 is 0.862 bits per heavy atom. The van der Waals surface area contributed by atoms with Gasteiger partial charge in [0.1, 0.15) is 0 Å². The normalized spacial score (nSPS) is 17.6. The average Bonchev–Trinajstić information content (AvgIpc) is 2.93. The van der Waals surface area contributed by atoms with E-state index in [0.29, 0.717) is 12.3 Å². The second kappa shape index (κ2) is 10.0. The minimum absolute atomic E-state index is 0.126. The van der Waals surface area contributed by atoms with Gasteiger partial charge in [0.15, 0.2) is 5.78 Å². The van der Waals surface area contributed by atoms with E-state index in [1.807, 2.05) is 15.9 Å². The summed E-state index contributed by atoms with van der Waals surface area (Å²) >= 11 is 0. The summed E-state index contributed by atoms with van der Waals surface area (Å²) in [6.07, 6.45) is 7.65. The number of carbonyl (C=O) groups excluding carboxylic acids is 3. The minimum atomic E-state index is 0.126. The van der Waals surface area contributed by atoms with Gasteiger partial charge in [-0.2, -0.15) is 0 Å². The van der Waals surface area contributed by atoms with Crippen molar-refractivity contribution in [3.8, 4) is 0 Å². The number of hydrogen-bond acceptors (Lipinski definition) is 3. The van der Waals surface area contributed by atoms with E-state index in [2.05, 4.69) is 12.1 Å². The maximum Gasteiger partial charge on any atom is 0.219 e. The van der Waals surface area contributed by atoms with Crippen molar-refractivity contribution in [2.75, 3.05) is 26.2 Å². The molecule has 0 bridgehead atoms. The number of ketones is 1.